The van der Waals surface area contributed by atoms with Crippen molar-refractivity contribution in [3.8, 4) is 11.4 Å². The monoisotopic (exact) mass is 718 g/mol. The molecular weight excluding hydrogens is 692 g/mol. The van der Waals surface area contributed by atoms with Crippen LogP contribution in [0.3, 0.4) is 0 Å². The van der Waals surface area contributed by atoms with E-state index >= 15 is 0 Å². The first kappa shape index (κ1) is 39.3. The average Bonchev–Trinajstić information content (AvgIpc) is 3.11. The highest BCUT2D eigenvalue weighted by Gasteiger charge is 2.14. The molecule has 0 aliphatic carbocycles. The zero-order valence-electron chi connectivity index (χ0n) is 26.5. The Labute approximate surface area is 290 Å². The van der Waals surface area contributed by atoms with Gasteiger partial charge in [0.2, 0.25) is 0 Å². The molecule has 0 spiro atoms. The van der Waals surface area contributed by atoms with Gasteiger partial charge in [-0.25, -0.2) is 13.2 Å². The molecule has 0 aliphatic heterocycles. The van der Waals surface area contributed by atoms with Crippen molar-refractivity contribution in [1.29, 1.82) is 0 Å². The first-order valence-corrected chi connectivity index (χ1v) is 14.5. The smallest absolute Gasteiger partial charge is 0.423 e. The number of hydrogen-bond acceptors (Lipinski definition) is 10. The molecule has 0 radical (unpaired) electrons. The van der Waals surface area contributed by atoms with Crippen LogP contribution in [-0.2, 0) is 0 Å². The molecule has 0 saturated carbocycles. The highest BCUT2D eigenvalue weighted by atomic mass is 19.1. The molecule has 52 heavy (non-hydrogen) atoms. The van der Waals surface area contributed by atoms with Crippen molar-refractivity contribution >= 4 is 29.6 Å². The molecule has 3 heterocycles. The number of benzene rings is 3. The molecule has 3 aromatic heterocycles. The molecule has 0 amide bonds. The molecule has 0 atom stereocenters. The largest absolute Gasteiger partial charge is 0.488 e. The second kappa shape index (κ2) is 18.6. The minimum atomic E-state index is -1.51. The summed E-state index contributed by atoms with van der Waals surface area (Å²) < 4.78 is 40.0. The predicted octanol–water partition coefficient (Wildman–Crippen LogP) is 3.23. The van der Waals surface area contributed by atoms with Gasteiger partial charge in [-0.1, -0.05) is 12.1 Å². The molecular formula is C33H26BF3N6O9. The Bertz CT molecular complexity index is 2300. The van der Waals surface area contributed by atoms with E-state index in [-0.39, 0.29) is 22.9 Å². The number of hydrogen-bond donors (Lipinski definition) is 4. The number of nitrogens with one attached hydrogen (secondary N) is 1. The van der Waals surface area contributed by atoms with Gasteiger partial charge in [0.25, 0.3) is 5.56 Å². The van der Waals surface area contributed by atoms with Gasteiger partial charge in [0.15, 0.2) is 0 Å². The number of aromatic nitrogens is 3. The lowest BCUT2D eigenvalue weighted by Gasteiger charge is -2.05. The van der Waals surface area contributed by atoms with Crippen molar-refractivity contribution in [2.45, 2.75) is 0 Å². The van der Waals surface area contributed by atoms with Crippen LogP contribution in [0.2, 0.25) is 0 Å². The highest BCUT2D eigenvalue weighted by Crippen LogP contribution is 2.10. The van der Waals surface area contributed by atoms with Crippen LogP contribution in [0.5, 0.6) is 0 Å². The Kier molecular flexibility index (Phi) is 14.1. The van der Waals surface area contributed by atoms with Gasteiger partial charge >= 0.3 is 29.6 Å². The number of aromatic amines is 1. The maximum Gasteiger partial charge on any atom is 0.488 e. The second-order valence-electron chi connectivity index (χ2n) is 9.98. The van der Waals surface area contributed by atoms with Gasteiger partial charge in [-0.05, 0) is 90.4 Å². The molecule has 3 aromatic carbocycles. The third-order valence-electron chi connectivity index (χ3n) is 6.47. The molecule has 6 rings (SSSR count). The van der Waals surface area contributed by atoms with E-state index in [0.717, 1.165) is 16.7 Å². The number of H-pyrrole nitrogens is 1. The summed E-state index contributed by atoms with van der Waals surface area (Å²) in [6, 6.07) is 24.0. The normalized spacial score (nSPS) is 9.87. The molecule has 19 heteroatoms. The van der Waals surface area contributed by atoms with Gasteiger partial charge in [0, 0.05) is 42.1 Å². The third kappa shape index (κ3) is 11.2. The number of pyridine rings is 3. The maximum absolute atomic E-state index is 12.7. The molecule has 0 saturated heterocycles. The molecule has 5 N–H and O–H groups in total. The SMILES string of the molecule is Nc1cccn(-c2ccc(F)cc2)c1=O.O=c1[nH]cccc1[N+](=O)[O-].O=c1c([N+](=O)[O-])cccn1-c1ccc(F)cc1.OB(O)c1ccc(F)cc1. The molecule has 0 unspecified atom stereocenters. The van der Waals surface area contributed by atoms with Crippen LogP contribution in [0.15, 0.2) is 142 Å². The standard InChI is InChI=1S/C11H7FN2O3.C11H9FN2O.C6H6BFO2.C5H4N2O3/c12-8-3-5-9(6-4-8)13-7-1-2-10(11(13)15)14(16)17;12-8-3-5-9(6-4-8)14-7-1-2-10(13)11(14)15;8-6-3-1-5(2-4-6)7(9)10;8-5-4(7(9)10)2-1-3-6-5/h1-7H;1-7H,13H2;1-4,9-10H;1-3H,(H,6,8). The summed E-state index contributed by atoms with van der Waals surface area (Å²) in [5, 5.41) is 37.7. The quantitative estimate of drug-likeness (QED) is 0.116. The van der Waals surface area contributed by atoms with Crippen molar-refractivity contribution in [3.63, 3.8) is 0 Å². The summed E-state index contributed by atoms with van der Waals surface area (Å²) in [6.45, 7) is 0. The summed E-state index contributed by atoms with van der Waals surface area (Å²) in [7, 11) is -1.51. The number of nitrogen functional groups attached to an aromatic ring is 1. The number of nitrogens with two attached hydrogens (primary N) is 1. The summed E-state index contributed by atoms with van der Waals surface area (Å²) in [5.41, 5.74) is 4.24. The van der Waals surface area contributed by atoms with E-state index in [1.165, 1.54) is 108 Å². The van der Waals surface area contributed by atoms with E-state index in [1.807, 2.05) is 0 Å². The highest BCUT2D eigenvalue weighted by molar-refractivity contribution is 6.58. The predicted molar refractivity (Wildman–Crippen MR) is 185 cm³/mol. The fourth-order valence-electron chi connectivity index (χ4n) is 3.93. The maximum atomic E-state index is 12.7. The molecule has 266 valence electrons. The van der Waals surface area contributed by atoms with E-state index in [4.69, 9.17) is 15.8 Å². The number of nitro groups is 2. The Hall–Kier alpha value is -7.12. The van der Waals surface area contributed by atoms with Crippen LogP contribution in [0.1, 0.15) is 0 Å². The number of anilines is 1. The Morgan fingerprint density at radius 3 is 1.46 bits per heavy atom. The fraction of sp³-hybridized carbons (Fsp3) is 0. The van der Waals surface area contributed by atoms with E-state index in [9.17, 15) is 47.8 Å². The van der Waals surface area contributed by atoms with Crippen LogP contribution in [-0.4, -0.2) is 41.1 Å². The zero-order valence-corrected chi connectivity index (χ0v) is 26.5. The lowest BCUT2D eigenvalue weighted by Crippen LogP contribution is -2.29. The molecule has 6 aromatic rings. The average molecular weight is 718 g/mol. The van der Waals surface area contributed by atoms with Crippen LogP contribution in [0, 0.1) is 37.7 Å². The number of halogens is 3. The molecule has 15 nitrogen and oxygen atoms in total. The van der Waals surface area contributed by atoms with Crippen LogP contribution < -0.4 is 27.9 Å². The first-order chi connectivity index (χ1) is 24.7. The van der Waals surface area contributed by atoms with E-state index < -0.39 is 45.3 Å². The summed E-state index contributed by atoms with van der Waals surface area (Å²) in [6.07, 6.45) is 4.32. The van der Waals surface area contributed by atoms with Crippen molar-refractivity contribution in [3.05, 3.63) is 197 Å². The van der Waals surface area contributed by atoms with Gasteiger partial charge in [-0.3, -0.25) is 43.7 Å². The summed E-state index contributed by atoms with van der Waals surface area (Å²) in [5.74, 6) is -1.16. The van der Waals surface area contributed by atoms with Gasteiger partial charge in [0.1, 0.15) is 17.5 Å². The minimum Gasteiger partial charge on any atom is -0.423 e. The molecule has 0 fully saturated rings. The topological polar surface area (TPSA) is 230 Å². The Balaban J connectivity index is 0.000000192. The lowest BCUT2D eigenvalue weighted by molar-refractivity contribution is -0.386. The lowest BCUT2D eigenvalue weighted by atomic mass is 9.80. The van der Waals surface area contributed by atoms with Gasteiger partial charge < -0.3 is 20.8 Å². The van der Waals surface area contributed by atoms with Crippen LogP contribution in [0.25, 0.3) is 11.4 Å². The molecule has 0 bridgehead atoms. The first-order valence-electron chi connectivity index (χ1n) is 14.5. The zero-order chi connectivity index (χ0) is 38.4. The second-order valence-corrected chi connectivity index (χ2v) is 9.98. The molecule has 0 aliphatic rings. The van der Waals surface area contributed by atoms with Gasteiger partial charge in [0.05, 0.1) is 15.5 Å². The van der Waals surface area contributed by atoms with Crippen molar-refractivity contribution in [2.24, 2.45) is 0 Å². The fourth-order valence-corrected chi connectivity index (χ4v) is 3.93. The van der Waals surface area contributed by atoms with Crippen molar-refractivity contribution in [1.82, 2.24) is 14.1 Å². The van der Waals surface area contributed by atoms with Crippen LogP contribution >= 0.6 is 0 Å². The van der Waals surface area contributed by atoms with Crippen molar-refractivity contribution in [2.75, 3.05) is 5.73 Å². The third-order valence-corrected chi connectivity index (χ3v) is 6.47. The minimum absolute atomic E-state index is 0.168. The van der Waals surface area contributed by atoms with Gasteiger partial charge in [-0.15, -0.1) is 0 Å². The Morgan fingerprint density at radius 1 is 0.615 bits per heavy atom. The van der Waals surface area contributed by atoms with E-state index in [1.54, 1.807) is 12.3 Å². The van der Waals surface area contributed by atoms with Gasteiger partial charge in [-0.2, -0.15) is 0 Å². The van der Waals surface area contributed by atoms with E-state index in [2.05, 4.69) is 4.98 Å². The summed E-state index contributed by atoms with van der Waals surface area (Å²) >= 11 is 0. The summed E-state index contributed by atoms with van der Waals surface area (Å²) in [4.78, 5) is 55.2. The number of nitrogens with zero attached hydrogens (tertiary/aromatic N) is 4. The van der Waals surface area contributed by atoms with Crippen LogP contribution in [0.4, 0.5) is 30.2 Å². The van der Waals surface area contributed by atoms with Crippen molar-refractivity contribution < 1.29 is 33.1 Å². The number of rotatable bonds is 5. The van der Waals surface area contributed by atoms with E-state index in [0.29, 0.717) is 16.8 Å². The Morgan fingerprint density at radius 2 is 1.04 bits per heavy atom.